The fraction of sp³-hybridized carbons (Fsp3) is 0.154. The van der Waals surface area contributed by atoms with Gasteiger partial charge in [0.05, 0.1) is 24.5 Å². The summed E-state index contributed by atoms with van der Waals surface area (Å²) in [4.78, 5) is 12.3. The van der Waals surface area contributed by atoms with E-state index in [1.54, 1.807) is 26.2 Å². The van der Waals surface area contributed by atoms with Crippen molar-refractivity contribution >= 4 is 28.4 Å². The van der Waals surface area contributed by atoms with E-state index >= 15 is 0 Å². The zero-order valence-electron chi connectivity index (χ0n) is 9.49. The van der Waals surface area contributed by atoms with Gasteiger partial charge < -0.3 is 9.15 Å². The van der Waals surface area contributed by atoms with E-state index in [9.17, 15) is 4.79 Å². The van der Waals surface area contributed by atoms with Crippen LogP contribution in [0.3, 0.4) is 0 Å². The molecule has 0 bridgehead atoms. The Morgan fingerprint density at radius 2 is 2.06 bits per heavy atom. The lowest BCUT2D eigenvalue weighted by atomic mass is 10.0. The molecule has 2 rings (SSSR count). The minimum absolute atomic E-state index is 0.0772. The van der Waals surface area contributed by atoms with Crippen molar-refractivity contribution in [3.63, 3.8) is 0 Å². The van der Waals surface area contributed by atoms with Gasteiger partial charge in [-0.25, -0.2) is 0 Å². The van der Waals surface area contributed by atoms with Crippen molar-refractivity contribution in [3.05, 3.63) is 51.0 Å². The molecular formula is C13H11IO3. The Morgan fingerprint density at radius 1 is 1.29 bits per heavy atom. The first-order chi connectivity index (χ1) is 8.13. The number of carbonyl (C=O) groups excluding carboxylic acids is 1. The highest BCUT2D eigenvalue weighted by Gasteiger charge is 2.18. The summed E-state index contributed by atoms with van der Waals surface area (Å²) < 4.78 is 11.3. The summed E-state index contributed by atoms with van der Waals surface area (Å²) in [5.74, 6) is 1.12. The Balaban J connectivity index is 2.50. The highest BCUT2D eigenvalue weighted by atomic mass is 127. The van der Waals surface area contributed by atoms with E-state index in [1.165, 1.54) is 6.26 Å². The van der Waals surface area contributed by atoms with Crippen molar-refractivity contribution in [1.29, 1.82) is 0 Å². The van der Waals surface area contributed by atoms with Gasteiger partial charge in [0.1, 0.15) is 11.5 Å². The minimum atomic E-state index is -0.0772. The number of ether oxygens (including phenoxy) is 1. The molecule has 0 atom stereocenters. The van der Waals surface area contributed by atoms with Gasteiger partial charge in [0.25, 0.3) is 0 Å². The second kappa shape index (κ2) is 4.91. The third kappa shape index (κ3) is 2.36. The number of halogens is 1. The molecule has 0 spiro atoms. The smallest absolute Gasteiger partial charge is 0.200 e. The van der Waals surface area contributed by atoms with Crippen molar-refractivity contribution in [3.8, 4) is 5.75 Å². The molecule has 17 heavy (non-hydrogen) atoms. The topological polar surface area (TPSA) is 39.4 Å². The first-order valence-electron chi connectivity index (χ1n) is 5.06. The molecule has 0 unspecified atom stereocenters. The predicted octanol–water partition coefficient (Wildman–Crippen LogP) is 3.43. The maximum absolute atomic E-state index is 12.3. The van der Waals surface area contributed by atoms with Crippen molar-refractivity contribution in [2.24, 2.45) is 0 Å². The molecule has 0 aliphatic rings. The molecule has 0 amide bonds. The monoisotopic (exact) mass is 342 g/mol. The molecule has 0 aliphatic heterocycles. The van der Waals surface area contributed by atoms with E-state index in [-0.39, 0.29) is 5.78 Å². The lowest BCUT2D eigenvalue weighted by Gasteiger charge is -2.07. The largest absolute Gasteiger partial charge is 0.496 e. The maximum Gasteiger partial charge on any atom is 0.200 e. The fourth-order valence-corrected chi connectivity index (χ4v) is 2.11. The zero-order chi connectivity index (χ0) is 12.4. The van der Waals surface area contributed by atoms with Crippen LogP contribution in [-0.2, 0) is 0 Å². The molecule has 4 heteroatoms. The highest BCUT2D eigenvalue weighted by Crippen LogP contribution is 2.25. The van der Waals surface area contributed by atoms with E-state index in [0.717, 1.165) is 3.57 Å². The number of carbonyl (C=O) groups is 1. The van der Waals surface area contributed by atoms with Crippen LogP contribution in [0.25, 0.3) is 0 Å². The third-order valence-corrected chi connectivity index (χ3v) is 3.18. The van der Waals surface area contributed by atoms with Gasteiger partial charge in [-0.1, -0.05) is 0 Å². The molecule has 0 saturated heterocycles. The number of aryl methyl sites for hydroxylation is 1. The Bertz CT molecular complexity index is 558. The van der Waals surface area contributed by atoms with Crippen molar-refractivity contribution in [2.75, 3.05) is 7.11 Å². The van der Waals surface area contributed by atoms with Crippen LogP contribution in [0.15, 0.2) is 34.9 Å². The van der Waals surface area contributed by atoms with E-state index in [0.29, 0.717) is 22.6 Å². The van der Waals surface area contributed by atoms with Crippen LogP contribution in [0.5, 0.6) is 5.75 Å². The molecule has 1 heterocycles. The van der Waals surface area contributed by atoms with Gasteiger partial charge in [0.2, 0.25) is 0 Å². The molecular weight excluding hydrogens is 331 g/mol. The average molecular weight is 342 g/mol. The average Bonchev–Trinajstić information content (AvgIpc) is 2.74. The summed E-state index contributed by atoms with van der Waals surface area (Å²) in [6, 6.07) is 7.19. The number of furan rings is 1. The Kier molecular flexibility index (Phi) is 3.51. The number of rotatable bonds is 3. The van der Waals surface area contributed by atoms with E-state index < -0.39 is 0 Å². The molecule has 1 aromatic carbocycles. The minimum Gasteiger partial charge on any atom is -0.496 e. The number of ketones is 1. The van der Waals surface area contributed by atoms with Gasteiger partial charge in [-0.3, -0.25) is 4.79 Å². The van der Waals surface area contributed by atoms with Gasteiger partial charge >= 0.3 is 0 Å². The molecule has 0 radical (unpaired) electrons. The summed E-state index contributed by atoms with van der Waals surface area (Å²) in [5.41, 5.74) is 1.13. The molecule has 0 aliphatic carbocycles. The Labute approximate surface area is 113 Å². The number of benzene rings is 1. The zero-order valence-corrected chi connectivity index (χ0v) is 11.6. The molecule has 0 N–H and O–H groups in total. The van der Waals surface area contributed by atoms with Crippen LogP contribution in [0.2, 0.25) is 0 Å². The summed E-state index contributed by atoms with van der Waals surface area (Å²) in [7, 11) is 1.56. The summed E-state index contributed by atoms with van der Waals surface area (Å²) in [5, 5.41) is 0. The van der Waals surface area contributed by atoms with E-state index in [2.05, 4.69) is 22.6 Å². The molecule has 2 aromatic rings. The molecule has 0 fully saturated rings. The molecule has 88 valence electrons. The van der Waals surface area contributed by atoms with E-state index in [1.807, 2.05) is 12.1 Å². The molecule has 0 saturated carbocycles. The molecule has 1 aromatic heterocycles. The summed E-state index contributed by atoms with van der Waals surface area (Å²) in [6.45, 7) is 1.77. The number of methoxy groups -OCH3 is 1. The van der Waals surface area contributed by atoms with Crippen LogP contribution >= 0.6 is 22.6 Å². The second-order valence-electron chi connectivity index (χ2n) is 3.56. The van der Waals surface area contributed by atoms with Crippen LogP contribution in [0.1, 0.15) is 21.7 Å². The van der Waals surface area contributed by atoms with Crippen LogP contribution in [0.4, 0.5) is 0 Å². The number of hydrogen-bond donors (Lipinski definition) is 0. The first-order valence-corrected chi connectivity index (χ1v) is 6.13. The predicted molar refractivity (Wildman–Crippen MR) is 72.6 cm³/mol. The quantitative estimate of drug-likeness (QED) is 0.634. The highest BCUT2D eigenvalue weighted by molar-refractivity contribution is 14.1. The van der Waals surface area contributed by atoms with Crippen LogP contribution < -0.4 is 4.74 Å². The summed E-state index contributed by atoms with van der Waals surface area (Å²) in [6.07, 6.45) is 1.52. The molecule has 3 nitrogen and oxygen atoms in total. The van der Waals surface area contributed by atoms with Gasteiger partial charge in [-0.15, -0.1) is 0 Å². The van der Waals surface area contributed by atoms with Gasteiger partial charge in [0.15, 0.2) is 5.78 Å². The van der Waals surface area contributed by atoms with Gasteiger partial charge in [-0.2, -0.15) is 0 Å². The van der Waals surface area contributed by atoms with Crippen LogP contribution in [0, 0.1) is 10.5 Å². The SMILES string of the molecule is COc1ccc(I)cc1C(=O)c1ccoc1C. The number of hydrogen-bond acceptors (Lipinski definition) is 3. The normalized spacial score (nSPS) is 10.3. The van der Waals surface area contributed by atoms with Crippen molar-refractivity contribution in [1.82, 2.24) is 0 Å². The van der Waals surface area contributed by atoms with Crippen molar-refractivity contribution in [2.45, 2.75) is 6.92 Å². The van der Waals surface area contributed by atoms with Crippen LogP contribution in [-0.4, -0.2) is 12.9 Å². The van der Waals surface area contributed by atoms with Gasteiger partial charge in [-0.05, 0) is 53.8 Å². The Morgan fingerprint density at radius 3 is 2.65 bits per heavy atom. The summed E-state index contributed by atoms with van der Waals surface area (Å²) >= 11 is 2.17. The lowest BCUT2D eigenvalue weighted by molar-refractivity contribution is 0.103. The first kappa shape index (κ1) is 12.2. The van der Waals surface area contributed by atoms with Gasteiger partial charge in [0, 0.05) is 3.57 Å². The van der Waals surface area contributed by atoms with Crippen molar-refractivity contribution < 1.29 is 13.9 Å². The second-order valence-corrected chi connectivity index (χ2v) is 4.81. The maximum atomic E-state index is 12.3. The van der Waals surface area contributed by atoms with E-state index in [4.69, 9.17) is 9.15 Å². The third-order valence-electron chi connectivity index (χ3n) is 2.51. The fourth-order valence-electron chi connectivity index (χ4n) is 1.62. The Hall–Kier alpha value is -1.30. The lowest BCUT2D eigenvalue weighted by Crippen LogP contribution is -2.04. The standard InChI is InChI=1S/C13H11IO3/c1-8-10(5-6-17-8)13(15)11-7-9(14)3-4-12(11)16-2/h3-7H,1-2H3.